The van der Waals surface area contributed by atoms with Crippen molar-refractivity contribution in [1.29, 1.82) is 0 Å². The fraction of sp³-hybridized carbons (Fsp3) is 0.600. The van der Waals surface area contributed by atoms with Crippen LogP contribution in [0.1, 0.15) is 49.7 Å². The molecule has 0 radical (unpaired) electrons. The van der Waals surface area contributed by atoms with E-state index in [-0.39, 0.29) is 11.9 Å². The topological polar surface area (TPSA) is 45.2 Å². The standard InChI is InChI=1S/C15H25N3O/c1-6-8-12(4)18(5)15(19)13-9-11(3)17-14(10-13)16-7-2/h9-10,12H,6-8H2,1-5H3,(H,16,17). The lowest BCUT2D eigenvalue weighted by Crippen LogP contribution is -2.35. The van der Waals surface area contributed by atoms with E-state index in [1.807, 2.05) is 37.9 Å². The molecule has 106 valence electrons. The number of hydrogen-bond acceptors (Lipinski definition) is 3. The van der Waals surface area contributed by atoms with Crippen molar-refractivity contribution >= 4 is 11.7 Å². The molecule has 1 amide bonds. The zero-order valence-corrected chi connectivity index (χ0v) is 12.7. The molecule has 4 nitrogen and oxygen atoms in total. The summed E-state index contributed by atoms with van der Waals surface area (Å²) < 4.78 is 0. The maximum atomic E-state index is 12.4. The Labute approximate surface area is 116 Å². The zero-order chi connectivity index (χ0) is 14.4. The van der Waals surface area contributed by atoms with Crippen LogP contribution in [0.4, 0.5) is 5.82 Å². The van der Waals surface area contributed by atoms with Gasteiger partial charge in [0.25, 0.3) is 5.91 Å². The van der Waals surface area contributed by atoms with Crippen LogP contribution in [0, 0.1) is 6.92 Å². The van der Waals surface area contributed by atoms with Crippen molar-refractivity contribution in [3.63, 3.8) is 0 Å². The third-order valence-electron chi connectivity index (χ3n) is 3.25. The number of nitrogens with zero attached hydrogens (tertiary/aromatic N) is 2. The molecule has 19 heavy (non-hydrogen) atoms. The molecule has 0 aromatic carbocycles. The largest absolute Gasteiger partial charge is 0.370 e. The van der Waals surface area contributed by atoms with E-state index in [0.29, 0.717) is 5.56 Å². The molecule has 1 aromatic rings. The Morgan fingerprint density at radius 1 is 1.42 bits per heavy atom. The predicted octanol–water partition coefficient (Wildman–Crippen LogP) is 3.08. The van der Waals surface area contributed by atoms with Crippen LogP contribution in [-0.2, 0) is 0 Å². The van der Waals surface area contributed by atoms with E-state index in [2.05, 4.69) is 24.1 Å². The Morgan fingerprint density at radius 2 is 2.11 bits per heavy atom. The highest BCUT2D eigenvalue weighted by atomic mass is 16.2. The molecule has 0 aliphatic rings. The van der Waals surface area contributed by atoms with Crippen LogP contribution < -0.4 is 5.32 Å². The van der Waals surface area contributed by atoms with Gasteiger partial charge >= 0.3 is 0 Å². The molecule has 0 aliphatic heterocycles. The summed E-state index contributed by atoms with van der Waals surface area (Å²) in [6, 6.07) is 3.93. The van der Waals surface area contributed by atoms with Gasteiger partial charge in [0, 0.05) is 30.9 Å². The predicted molar refractivity (Wildman–Crippen MR) is 79.6 cm³/mol. The molecule has 1 rings (SSSR count). The van der Waals surface area contributed by atoms with Crippen molar-refractivity contribution in [3.8, 4) is 0 Å². The molecule has 1 heterocycles. The van der Waals surface area contributed by atoms with E-state index in [1.165, 1.54) is 0 Å². The van der Waals surface area contributed by atoms with Gasteiger partial charge in [0.05, 0.1) is 0 Å². The fourth-order valence-corrected chi connectivity index (χ4v) is 2.08. The highest BCUT2D eigenvalue weighted by Crippen LogP contribution is 2.14. The summed E-state index contributed by atoms with van der Waals surface area (Å²) >= 11 is 0. The molecule has 0 fully saturated rings. The number of aromatic nitrogens is 1. The number of pyridine rings is 1. The third-order valence-corrected chi connectivity index (χ3v) is 3.25. The van der Waals surface area contributed by atoms with Crippen LogP contribution in [-0.4, -0.2) is 35.4 Å². The Morgan fingerprint density at radius 3 is 2.68 bits per heavy atom. The first-order valence-electron chi connectivity index (χ1n) is 6.99. The van der Waals surface area contributed by atoms with E-state index in [0.717, 1.165) is 30.9 Å². The van der Waals surface area contributed by atoms with Crippen LogP contribution in [0.2, 0.25) is 0 Å². The van der Waals surface area contributed by atoms with E-state index in [9.17, 15) is 4.79 Å². The average Bonchev–Trinajstić information content (AvgIpc) is 2.37. The molecule has 1 N–H and O–H groups in total. The Hall–Kier alpha value is -1.58. The van der Waals surface area contributed by atoms with Gasteiger partial charge in [0.2, 0.25) is 0 Å². The first-order chi connectivity index (χ1) is 8.99. The number of hydrogen-bond donors (Lipinski definition) is 1. The number of carbonyl (C=O) groups is 1. The quantitative estimate of drug-likeness (QED) is 0.858. The second-order valence-electron chi connectivity index (χ2n) is 4.97. The lowest BCUT2D eigenvalue weighted by Gasteiger charge is -2.25. The number of aryl methyl sites for hydroxylation is 1. The zero-order valence-electron chi connectivity index (χ0n) is 12.7. The smallest absolute Gasteiger partial charge is 0.254 e. The van der Waals surface area contributed by atoms with E-state index in [1.54, 1.807) is 0 Å². The number of rotatable bonds is 6. The molecule has 0 bridgehead atoms. The molecule has 1 unspecified atom stereocenters. The summed E-state index contributed by atoms with van der Waals surface area (Å²) in [6.45, 7) is 8.94. The van der Waals surface area contributed by atoms with Gasteiger partial charge in [-0.05, 0) is 39.3 Å². The molecule has 0 saturated carbocycles. The van der Waals surface area contributed by atoms with Crippen LogP contribution in [0.15, 0.2) is 12.1 Å². The van der Waals surface area contributed by atoms with Crippen molar-refractivity contribution in [3.05, 3.63) is 23.4 Å². The van der Waals surface area contributed by atoms with Gasteiger partial charge in [0.1, 0.15) is 5.82 Å². The molecule has 0 saturated heterocycles. The van der Waals surface area contributed by atoms with Crippen LogP contribution in [0.5, 0.6) is 0 Å². The molecule has 1 aromatic heterocycles. The van der Waals surface area contributed by atoms with Crippen LogP contribution in [0.25, 0.3) is 0 Å². The summed E-state index contributed by atoms with van der Waals surface area (Å²) in [5.74, 6) is 0.827. The summed E-state index contributed by atoms with van der Waals surface area (Å²) in [4.78, 5) is 18.6. The van der Waals surface area contributed by atoms with Gasteiger partial charge in [-0.2, -0.15) is 0 Å². The first-order valence-corrected chi connectivity index (χ1v) is 6.99. The minimum absolute atomic E-state index is 0.0607. The van der Waals surface area contributed by atoms with Crippen molar-refractivity contribution in [2.24, 2.45) is 0 Å². The maximum absolute atomic E-state index is 12.4. The monoisotopic (exact) mass is 263 g/mol. The second-order valence-corrected chi connectivity index (χ2v) is 4.97. The molecule has 4 heteroatoms. The number of anilines is 1. The van der Waals surface area contributed by atoms with Gasteiger partial charge in [0.15, 0.2) is 0 Å². The normalized spacial score (nSPS) is 12.1. The minimum atomic E-state index is 0.0607. The van der Waals surface area contributed by atoms with E-state index >= 15 is 0 Å². The molecular weight excluding hydrogens is 238 g/mol. The second kappa shape index (κ2) is 7.12. The van der Waals surface area contributed by atoms with Crippen LogP contribution >= 0.6 is 0 Å². The number of nitrogens with one attached hydrogen (secondary N) is 1. The van der Waals surface area contributed by atoms with Crippen molar-refractivity contribution in [2.75, 3.05) is 18.9 Å². The van der Waals surface area contributed by atoms with Gasteiger partial charge in [-0.15, -0.1) is 0 Å². The van der Waals surface area contributed by atoms with Gasteiger partial charge in [-0.25, -0.2) is 4.98 Å². The fourth-order valence-electron chi connectivity index (χ4n) is 2.08. The molecular formula is C15H25N3O. The number of amides is 1. The van der Waals surface area contributed by atoms with Crippen LogP contribution in [0.3, 0.4) is 0 Å². The molecule has 0 spiro atoms. The Balaban J connectivity index is 2.92. The van der Waals surface area contributed by atoms with Gasteiger partial charge in [-0.1, -0.05) is 13.3 Å². The van der Waals surface area contributed by atoms with Gasteiger partial charge < -0.3 is 10.2 Å². The summed E-state index contributed by atoms with van der Waals surface area (Å²) in [6.07, 6.45) is 2.10. The van der Waals surface area contributed by atoms with E-state index in [4.69, 9.17) is 0 Å². The molecule has 1 atom stereocenters. The lowest BCUT2D eigenvalue weighted by molar-refractivity contribution is 0.0736. The average molecular weight is 263 g/mol. The van der Waals surface area contributed by atoms with Crippen molar-refractivity contribution in [1.82, 2.24) is 9.88 Å². The van der Waals surface area contributed by atoms with Gasteiger partial charge in [-0.3, -0.25) is 4.79 Å². The lowest BCUT2D eigenvalue weighted by atomic mass is 10.1. The highest BCUT2D eigenvalue weighted by Gasteiger charge is 2.17. The van der Waals surface area contributed by atoms with Crippen molar-refractivity contribution in [2.45, 2.75) is 46.6 Å². The summed E-state index contributed by atoms with van der Waals surface area (Å²) in [5, 5.41) is 3.16. The maximum Gasteiger partial charge on any atom is 0.254 e. The Kier molecular flexibility index (Phi) is 5.80. The highest BCUT2D eigenvalue weighted by molar-refractivity contribution is 5.95. The third kappa shape index (κ3) is 4.23. The summed E-state index contributed by atoms with van der Waals surface area (Å²) in [5.41, 5.74) is 1.56. The van der Waals surface area contributed by atoms with Crippen molar-refractivity contribution < 1.29 is 4.79 Å². The number of carbonyl (C=O) groups excluding carboxylic acids is 1. The minimum Gasteiger partial charge on any atom is -0.370 e. The first kappa shape index (κ1) is 15.5. The summed E-state index contributed by atoms with van der Waals surface area (Å²) in [7, 11) is 1.87. The van der Waals surface area contributed by atoms with E-state index < -0.39 is 0 Å². The molecule has 0 aliphatic carbocycles. The Bertz CT molecular complexity index is 431. The SMILES string of the molecule is CCCC(C)N(C)C(=O)c1cc(C)nc(NCC)c1.